The van der Waals surface area contributed by atoms with Crippen LogP contribution in [0.4, 0.5) is 4.39 Å². The van der Waals surface area contributed by atoms with E-state index in [4.69, 9.17) is 5.11 Å². The van der Waals surface area contributed by atoms with Crippen molar-refractivity contribution in [2.45, 2.75) is 12.1 Å². The summed E-state index contributed by atoms with van der Waals surface area (Å²) >= 11 is 0. The van der Waals surface area contributed by atoms with Crippen molar-refractivity contribution >= 4 is 29.8 Å². The summed E-state index contributed by atoms with van der Waals surface area (Å²) in [5.41, 5.74) is 0.548. The summed E-state index contributed by atoms with van der Waals surface area (Å²) in [7, 11) is 1.08. The smallest absolute Gasteiger partial charge is 0.330 e. The Hall–Kier alpha value is -3.31. The zero-order valence-electron chi connectivity index (χ0n) is 15.6. The molecule has 0 radical (unpaired) electrons. The van der Waals surface area contributed by atoms with Gasteiger partial charge in [0.25, 0.3) is 0 Å². The van der Waals surface area contributed by atoms with Gasteiger partial charge < -0.3 is 30.9 Å². The number of nitrogens with one attached hydrogen (secondary N) is 3. The minimum atomic E-state index is -1.33. The number of halogens is 1. The van der Waals surface area contributed by atoms with E-state index in [2.05, 4.69) is 20.7 Å². The summed E-state index contributed by atoms with van der Waals surface area (Å²) in [5.74, 6) is -3.61. The van der Waals surface area contributed by atoms with Gasteiger partial charge >= 0.3 is 5.97 Å². The van der Waals surface area contributed by atoms with Crippen LogP contribution in [-0.2, 0) is 23.9 Å². The van der Waals surface area contributed by atoms with Gasteiger partial charge in [0.2, 0.25) is 17.7 Å². The van der Waals surface area contributed by atoms with E-state index in [0.717, 1.165) is 13.2 Å². The largest absolute Gasteiger partial charge is 0.467 e. The number of rotatable bonds is 10. The number of carbonyl (C=O) groups is 4. The van der Waals surface area contributed by atoms with E-state index in [1.165, 1.54) is 30.3 Å². The van der Waals surface area contributed by atoms with E-state index in [1.54, 1.807) is 0 Å². The van der Waals surface area contributed by atoms with Gasteiger partial charge in [-0.15, -0.1) is 0 Å². The van der Waals surface area contributed by atoms with Crippen molar-refractivity contribution in [3.63, 3.8) is 0 Å². The highest BCUT2D eigenvalue weighted by Gasteiger charge is 2.22. The number of amides is 3. The first-order valence-corrected chi connectivity index (χ1v) is 8.41. The van der Waals surface area contributed by atoms with Crippen LogP contribution in [0.5, 0.6) is 0 Å². The Balaban J connectivity index is 2.52. The summed E-state index contributed by atoms with van der Waals surface area (Å²) < 4.78 is 17.2. The van der Waals surface area contributed by atoms with Crippen molar-refractivity contribution in [3.05, 3.63) is 41.7 Å². The Bertz CT molecular complexity index is 752. The van der Waals surface area contributed by atoms with Crippen LogP contribution in [0.2, 0.25) is 0 Å². The molecule has 1 rings (SSSR count). The molecule has 0 heterocycles. The fourth-order valence-corrected chi connectivity index (χ4v) is 2.02. The molecule has 0 unspecified atom stereocenters. The van der Waals surface area contributed by atoms with Gasteiger partial charge in [-0.25, -0.2) is 9.18 Å². The highest BCUT2D eigenvalue weighted by Crippen LogP contribution is 2.04. The van der Waals surface area contributed by atoms with Gasteiger partial charge in [-0.1, -0.05) is 12.1 Å². The fraction of sp³-hybridized carbons (Fsp3) is 0.333. The Morgan fingerprint density at radius 2 is 1.69 bits per heavy atom. The maximum absolute atomic E-state index is 12.8. The highest BCUT2D eigenvalue weighted by atomic mass is 19.1. The SMILES string of the molecule is COC(=O)[C@H](CO)NC(=O)CNC(=O)[C@H](CO)NC(=O)/C=C/c1ccc(F)cc1. The lowest BCUT2D eigenvalue weighted by molar-refractivity contribution is -0.146. The quantitative estimate of drug-likeness (QED) is 0.222. The molecule has 0 aliphatic carbocycles. The Kier molecular flexibility index (Phi) is 9.99. The molecule has 0 spiro atoms. The lowest BCUT2D eigenvalue weighted by Gasteiger charge is -2.17. The molecule has 0 aromatic heterocycles. The molecule has 0 fully saturated rings. The molecule has 0 saturated heterocycles. The third kappa shape index (κ3) is 8.49. The van der Waals surface area contributed by atoms with Crippen molar-refractivity contribution in [1.29, 1.82) is 0 Å². The molecule has 1 aromatic carbocycles. The molecule has 5 N–H and O–H groups in total. The summed E-state index contributed by atoms with van der Waals surface area (Å²) in [4.78, 5) is 46.9. The molecule has 0 saturated carbocycles. The Morgan fingerprint density at radius 1 is 1.07 bits per heavy atom. The van der Waals surface area contributed by atoms with Crippen LogP contribution in [0.15, 0.2) is 30.3 Å². The zero-order valence-corrected chi connectivity index (χ0v) is 15.6. The standard InChI is InChI=1S/C18H22FN3O7/c1-29-18(28)14(10-24)22-16(26)8-20-17(27)13(9-23)21-15(25)7-4-11-2-5-12(19)6-3-11/h2-7,13-14,23-24H,8-10H2,1H3,(H,20,27)(H,21,25)(H,22,26)/b7-4+/t13-,14-/m0/s1. The minimum Gasteiger partial charge on any atom is -0.467 e. The molecule has 158 valence electrons. The molecule has 0 aliphatic heterocycles. The monoisotopic (exact) mass is 411 g/mol. The van der Waals surface area contributed by atoms with Gasteiger partial charge in [-0.05, 0) is 23.8 Å². The molecule has 29 heavy (non-hydrogen) atoms. The van der Waals surface area contributed by atoms with Crippen LogP contribution >= 0.6 is 0 Å². The van der Waals surface area contributed by atoms with Crippen LogP contribution in [0.25, 0.3) is 6.08 Å². The van der Waals surface area contributed by atoms with Gasteiger partial charge in [0, 0.05) is 6.08 Å². The Morgan fingerprint density at radius 3 is 2.24 bits per heavy atom. The maximum Gasteiger partial charge on any atom is 0.330 e. The number of methoxy groups -OCH3 is 1. The third-order valence-electron chi connectivity index (χ3n) is 3.54. The van der Waals surface area contributed by atoms with Crippen molar-refractivity contribution < 1.29 is 38.5 Å². The number of ether oxygens (including phenoxy) is 1. The van der Waals surface area contributed by atoms with Crippen LogP contribution < -0.4 is 16.0 Å². The van der Waals surface area contributed by atoms with Gasteiger partial charge in [-0.2, -0.15) is 0 Å². The first-order valence-electron chi connectivity index (χ1n) is 8.41. The van der Waals surface area contributed by atoms with Crippen molar-refractivity contribution in [1.82, 2.24) is 16.0 Å². The molecule has 11 heteroatoms. The molecule has 3 amide bonds. The summed E-state index contributed by atoms with van der Waals surface area (Å²) in [6.07, 6.45) is 2.48. The van der Waals surface area contributed by atoms with Gasteiger partial charge in [-0.3, -0.25) is 14.4 Å². The van der Waals surface area contributed by atoms with Gasteiger partial charge in [0.1, 0.15) is 11.9 Å². The summed E-state index contributed by atoms with van der Waals surface area (Å²) in [6.45, 7) is -1.99. The number of aliphatic hydroxyl groups excluding tert-OH is 2. The molecule has 10 nitrogen and oxygen atoms in total. The van der Waals surface area contributed by atoms with E-state index in [1.807, 2.05) is 0 Å². The molecule has 0 bridgehead atoms. The lowest BCUT2D eigenvalue weighted by atomic mass is 10.2. The van der Waals surface area contributed by atoms with E-state index >= 15 is 0 Å². The predicted molar refractivity (Wildman–Crippen MR) is 98.5 cm³/mol. The summed E-state index contributed by atoms with van der Waals surface area (Å²) in [5, 5.41) is 24.9. The molecule has 1 aromatic rings. The van der Waals surface area contributed by atoms with Crippen LogP contribution in [0.3, 0.4) is 0 Å². The van der Waals surface area contributed by atoms with Gasteiger partial charge in [0.15, 0.2) is 6.04 Å². The van der Waals surface area contributed by atoms with Crippen molar-refractivity contribution in [2.24, 2.45) is 0 Å². The van der Waals surface area contributed by atoms with Crippen LogP contribution in [0, 0.1) is 5.82 Å². The van der Waals surface area contributed by atoms with E-state index in [0.29, 0.717) is 5.56 Å². The van der Waals surface area contributed by atoms with E-state index in [-0.39, 0.29) is 0 Å². The number of esters is 1. The number of hydrogen-bond donors (Lipinski definition) is 5. The average Bonchev–Trinajstić information content (AvgIpc) is 2.73. The lowest BCUT2D eigenvalue weighted by Crippen LogP contribution is -2.52. The maximum atomic E-state index is 12.8. The first-order chi connectivity index (χ1) is 13.8. The van der Waals surface area contributed by atoms with Gasteiger partial charge in [0.05, 0.1) is 26.9 Å². The van der Waals surface area contributed by atoms with Crippen molar-refractivity contribution in [2.75, 3.05) is 26.9 Å². The molecule has 2 atom stereocenters. The second-order valence-electron chi connectivity index (χ2n) is 5.67. The molecule has 0 aliphatic rings. The fourth-order valence-electron chi connectivity index (χ4n) is 2.02. The molecular formula is C18H22FN3O7. The van der Waals surface area contributed by atoms with Crippen LogP contribution in [0.1, 0.15) is 5.56 Å². The van der Waals surface area contributed by atoms with E-state index in [9.17, 15) is 28.7 Å². The minimum absolute atomic E-state index is 0.426. The Labute approximate surface area is 165 Å². The van der Waals surface area contributed by atoms with E-state index < -0.39 is 61.4 Å². The normalized spacial score (nSPS) is 12.7. The van der Waals surface area contributed by atoms with Crippen LogP contribution in [-0.4, -0.2) is 72.9 Å². The summed E-state index contributed by atoms with van der Waals surface area (Å²) in [6, 6.07) is 2.71. The second-order valence-corrected chi connectivity index (χ2v) is 5.67. The second kappa shape index (κ2) is 12.2. The number of aliphatic hydroxyl groups is 2. The third-order valence-corrected chi connectivity index (χ3v) is 3.54. The highest BCUT2D eigenvalue weighted by molar-refractivity contribution is 5.96. The first kappa shape index (κ1) is 23.7. The zero-order chi connectivity index (χ0) is 21.8. The van der Waals surface area contributed by atoms with Crippen molar-refractivity contribution in [3.8, 4) is 0 Å². The topological polar surface area (TPSA) is 154 Å². The molecular weight excluding hydrogens is 389 g/mol. The number of hydrogen-bond acceptors (Lipinski definition) is 7. The number of benzene rings is 1. The predicted octanol–water partition coefficient (Wildman–Crippen LogP) is -1.92. The average molecular weight is 411 g/mol. The number of carbonyl (C=O) groups excluding carboxylic acids is 4.